The minimum absolute atomic E-state index is 0.135. The van der Waals surface area contributed by atoms with E-state index in [2.05, 4.69) is 66.3 Å². The van der Waals surface area contributed by atoms with Gasteiger partial charge in [0.1, 0.15) is 4.62 Å². The van der Waals surface area contributed by atoms with Crippen LogP contribution in [0.2, 0.25) is 0 Å². The van der Waals surface area contributed by atoms with Crippen molar-refractivity contribution in [3.8, 4) is 0 Å². The molecule has 0 nitrogen and oxygen atoms in total. The molecule has 0 amide bonds. The van der Waals surface area contributed by atoms with E-state index in [1.54, 1.807) is 11.3 Å². The third-order valence-electron chi connectivity index (χ3n) is 4.35. The van der Waals surface area contributed by atoms with Crippen LogP contribution in [0.3, 0.4) is 0 Å². The summed E-state index contributed by atoms with van der Waals surface area (Å²) < 4.78 is 1.34. The number of thiophene rings is 1. The van der Waals surface area contributed by atoms with Crippen LogP contribution in [-0.4, -0.2) is 38.8 Å². The van der Waals surface area contributed by atoms with Crippen molar-refractivity contribution in [1.29, 1.82) is 0 Å². The van der Waals surface area contributed by atoms with Crippen LogP contribution in [0.1, 0.15) is 41.5 Å². The molecule has 2 atom stereocenters. The van der Waals surface area contributed by atoms with Crippen LogP contribution in [-0.2, 0) is 0 Å². The van der Waals surface area contributed by atoms with Gasteiger partial charge in [-0.15, -0.1) is 11.3 Å². The predicted molar refractivity (Wildman–Crippen MR) is 100 cm³/mol. The summed E-state index contributed by atoms with van der Waals surface area (Å²) in [6.07, 6.45) is 0. The molecule has 102 valence electrons. The molecule has 0 saturated carbocycles. The molecule has 2 unspecified atom stereocenters. The first-order valence-corrected chi connectivity index (χ1v) is 12.1. The van der Waals surface area contributed by atoms with Gasteiger partial charge in [0.15, 0.2) is 0 Å². The Kier molecular flexibility index (Phi) is 4.81. The Morgan fingerprint density at radius 3 is 1.68 bits per heavy atom. The van der Waals surface area contributed by atoms with Crippen LogP contribution in [0.25, 0.3) is 0 Å². The minimum atomic E-state index is -1.61. The van der Waals surface area contributed by atoms with Crippen LogP contribution in [0, 0.1) is 0 Å². The molecule has 1 aromatic rings. The zero-order valence-corrected chi connectivity index (χ0v) is 16.2. The Balaban J connectivity index is 3.22. The summed E-state index contributed by atoms with van der Waals surface area (Å²) in [5.41, 5.74) is 0. The van der Waals surface area contributed by atoms with Gasteiger partial charge in [-0.2, -0.15) is 0 Å². The van der Waals surface area contributed by atoms with Crippen LogP contribution in [0.15, 0.2) is 11.4 Å². The quantitative estimate of drug-likeness (QED) is 0.571. The Hall–Kier alpha value is 0.690. The predicted octanol–water partition coefficient (Wildman–Crippen LogP) is 4.06. The highest BCUT2D eigenvalue weighted by Gasteiger charge is 2.47. The fraction of sp³-hybridized carbons (Fsp3) is 0.714. The Morgan fingerprint density at radius 2 is 1.32 bits per heavy atom. The number of rotatable bonds is 2. The first-order valence-electron chi connectivity index (χ1n) is 6.61. The highest BCUT2D eigenvalue weighted by atomic mass is 32.1. The molecule has 0 N–H and O–H groups in total. The number of hydrogen-bond donors (Lipinski definition) is 0. The van der Waals surface area contributed by atoms with Gasteiger partial charge in [0, 0.05) is 31.9 Å². The second-order valence-corrected chi connectivity index (χ2v) is 16.8. The lowest BCUT2D eigenvalue weighted by atomic mass is 10.3. The second kappa shape index (κ2) is 5.15. The lowest BCUT2D eigenvalue weighted by Crippen LogP contribution is -2.29. The molecule has 0 saturated heterocycles. The van der Waals surface area contributed by atoms with Crippen molar-refractivity contribution in [1.82, 2.24) is 0 Å². The SMILES string of the molecule is [B][P+](C)(c1csc([P+]([B])(C)C(C)(C)C)c1)C(C)(C)C. The molecule has 0 bridgehead atoms. The molecule has 0 aliphatic heterocycles. The molecule has 0 fully saturated rings. The maximum atomic E-state index is 6.67. The van der Waals surface area contributed by atoms with E-state index in [9.17, 15) is 0 Å². The molecular formula is C14H26B2P2S+2. The number of hydrogen-bond acceptors (Lipinski definition) is 1. The normalized spacial score (nSPS) is 19.8. The summed E-state index contributed by atoms with van der Waals surface area (Å²) in [5, 5.41) is 3.84. The van der Waals surface area contributed by atoms with Crippen molar-refractivity contribution < 1.29 is 0 Å². The molecule has 1 rings (SSSR count). The summed E-state index contributed by atoms with van der Waals surface area (Å²) in [6, 6.07) is 2.29. The third kappa shape index (κ3) is 3.30. The van der Waals surface area contributed by atoms with E-state index < -0.39 is 14.3 Å². The van der Waals surface area contributed by atoms with E-state index in [1.165, 1.54) is 9.92 Å². The van der Waals surface area contributed by atoms with Crippen molar-refractivity contribution in [3.05, 3.63) is 11.4 Å². The van der Waals surface area contributed by atoms with Gasteiger partial charge in [0.05, 0.1) is 15.6 Å². The molecule has 0 aliphatic carbocycles. The third-order valence-corrected chi connectivity index (χ3v) is 14.7. The van der Waals surface area contributed by atoms with Crippen LogP contribution in [0.5, 0.6) is 0 Å². The lowest BCUT2D eigenvalue weighted by molar-refractivity contribution is 0.787. The van der Waals surface area contributed by atoms with Gasteiger partial charge >= 0.3 is 15.1 Å². The molecule has 0 spiro atoms. The van der Waals surface area contributed by atoms with Gasteiger partial charge in [0.2, 0.25) is 0 Å². The Morgan fingerprint density at radius 1 is 0.895 bits per heavy atom. The van der Waals surface area contributed by atoms with Crippen LogP contribution < -0.4 is 9.92 Å². The summed E-state index contributed by atoms with van der Waals surface area (Å²) >= 11 is 1.80. The largest absolute Gasteiger partial charge is 0.372 e. The van der Waals surface area contributed by atoms with Gasteiger partial charge in [-0.25, -0.2) is 0 Å². The molecule has 0 aromatic carbocycles. The van der Waals surface area contributed by atoms with Gasteiger partial charge in [-0.05, 0) is 48.7 Å². The Labute approximate surface area is 127 Å². The summed E-state index contributed by atoms with van der Waals surface area (Å²) in [6.45, 7) is 17.9. The van der Waals surface area contributed by atoms with Gasteiger partial charge in [-0.1, -0.05) is 0 Å². The minimum Gasteiger partial charge on any atom is -0.105 e. The van der Waals surface area contributed by atoms with Crippen molar-refractivity contribution in [2.24, 2.45) is 0 Å². The summed E-state index contributed by atoms with van der Waals surface area (Å²) in [5.74, 6) is 0. The van der Waals surface area contributed by atoms with E-state index >= 15 is 0 Å². The molecule has 19 heavy (non-hydrogen) atoms. The van der Waals surface area contributed by atoms with Gasteiger partial charge in [-0.3, -0.25) is 0 Å². The van der Waals surface area contributed by atoms with Gasteiger partial charge in [0.25, 0.3) is 0 Å². The average Bonchev–Trinajstić information content (AvgIpc) is 2.62. The maximum absolute atomic E-state index is 6.67. The van der Waals surface area contributed by atoms with Crippen molar-refractivity contribution >= 4 is 50.7 Å². The maximum Gasteiger partial charge on any atom is 0.372 e. The average molecular weight is 310 g/mol. The first-order chi connectivity index (χ1) is 8.21. The van der Waals surface area contributed by atoms with Crippen molar-refractivity contribution in [2.75, 3.05) is 13.3 Å². The molecule has 0 aliphatic rings. The van der Waals surface area contributed by atoms with Crippen molar-refractivity contribution in [2.45, 2.75) is 51.9 Å². The standard InChI is InChI=1S/C14H26B2P2S/c1-13(2,3)17(7,15)11-9-12(19-10-11)18(8,16)14(4,5)6/h9-10H,1-8H3/q+2. The van der Waals surface area contributed by atoms with E-state index in [0.29, 0.717) is 0 Å². The van der Waals surface area contributed by atoms with E-state index in [0.717, 1.165) is 0 Å². The smallest absolute Gasteiger partial charge is 0.105 e. The van der Waals surface area contributed by atoms with E-state index in [4.69, 9.17) is 15.1 Å². The van der Waals surface area contributed by atoms with Crippen molar-refractivity contribution in [3.63, 3.8) is 0 Å². The molecule has 1 heterocycles. The molecule has 4 radical (unpaired) electrons. The highest BCUT2D eigenvalue weighted by Crippen LogP contribution is 2.64. The zero-order valence-electron chi connectivity index (χ0n) is 13.6. The molecule has 1 aromatic heterocycles. The Bertz CT molecular complexity index is 410. The monoisotopic (exact) mass is 310 g/mol. The fourth-order valence-electron chi connectivity index (χ4n) is 1.52. The molecule has 5 heteroatoms. The fourth-order valence-corrected chi connectivity index (χ4v) is 7.34. The van der Waals surface area contributed by atoms with Crippen LogP contribution >= 0.6 is 25.6 Å². The summed E-state index contributed by atoms with van der Waals surface area (Å²) in [7, 11) is 10.1. The zero-order chi connectivity index (χ0) is 15.3. The van der Waals surface area contributed by atoms with Crippen LogP contribution in [0.4, 0.5) is 0 Å². The highest BCUT2D eigenvalue weighted by molar-refractivity contribution is 8.07. The lowest BCUT2D eigenvalue weighted by Gasteiger charge is -2.32. The van der Waals surface area contributed by atoms with Gasteiger partial charge < -0.3 is 0 Å². The first kappa shape index (κ1) is 17.7. The summed E-state index contributed by atoms with van der Waals surface area (Å²) in [4.78, 5) is 0. The topological polar surface area (TPSA) is 0 Å². The second-order valence-electron chi connectivity index (χ2n) is 7.64. The van der Waals surface area contributed by atoms with E-state index in [1.807, 2.05) is 0 Å². The van der Waals surface area contributed by atoms with E-state index in [-0.39, 0.29) is 10.3 Å². The molecular weight excluding hydrogens is 284 g/mol.